The summed E-state index contributed by atoms with van der Waals surface area (Å²) in [5.41, 5.74) is -0.533. The topological polar surface area (TPSA) is 117 Å². The van der Waals surface area contributed by atoms with Gasteiger partial charge in [0.25, 0.3) is 10.6 Å². The number of fused-ring (bicyclic) bond motifs is 1. The van der Waals surface area contributed by atoms with Crippen molar-refractivity contribution in [3.05, 3.63) is 49.5 Å². The van der Waals surface area contributed by atoms with Gasteiger partial charge in [0, 0.05) is 6.20 Å². The summed E-state index contributed by atoms with van der Waals surface area (Å²) < 4.78 is 5.58. The van der Waals surface area contributed by atoms with E-state index in [-0.39, 0.29) is 17.5 Å². The molecule has 9 heteroatoms. The molecule has 0 spiro atoms. The van der Waals surface area contributed by atoms with Crippen LogP contribution in [-0.4, -0.2) is 21.2 Å². The monoisotopic (exact) mass is 253 g/mol. The lowest BCUT2D eigenvalue weighted by Gasteiger charge is -2.03. The molecule has 94 valence electrons. The third-order valence-corrected chi connectivity index (χ3v) is 2.19. The molecule has 0 radical (unpaired) electrons. The van der Waals surface area contributed by atoms with E-state index in [1.54, 1.807) is 0 Å². The summed E-state index contributed by atoms with van der Waals surface area (Å²) >= 11 is 0. The molecule has 0 bridgehead atoms. The van der Waals surface area contributed by atoms with Gasteiger partial charge >= 0.3 is 5.76 Å². The molecule has 0 aromatic carbocycles. The zero-order valence-corrected chi connectivity index (χ0v) is 8.94. The highest BCUT2D eigenvalue weighted by molar-refractivity contribution is 5.73. The van der Waals surface area contributed by atoms with Crippen molar-refractivity contribution in [2.24, 2.45) is 0 Å². The number of nitrogens with zero attached hydrogens (tertiary/aromatic N) is 3. The van der Waals surface area contributed by atoms with Gasteiger partial charge in [-0.1, -0.05) is 0 Å². The van der Waals surface area contributed by atoms with Crippen molar-refractivity contribution in [2.45, 2.75) is 6.54 Å². The normalized spacial score (nSPS) is 10.4. The minimum Gasteiger partial charge on any atom is -0.407 e. The van der Waals surface area contributed by atoms with Gasteiger partial charge in [0.2, 0.25) is 0 Å². The van der Waals surface area contributed by atoms with Crippen LogP contribution in [-0.2, 0) is 11.4 Å². The lowest BCUT2D eigenvalue weighted by molar-refractivity contribution is -0.758. The highest BCUT2D eigenvalue weighted by Gasteiger charge is 2.09. The third-order valence-electron chi connectivity index (χ3n) is 2.19. The maximum atomic E-state index is 11.9. The van der Waals surface area contributed by atoms with Crippen LogP contribution in [0.3, 0.4) is 0 Å². The molecule has 0 fully saturated rings. The molecule has 0 aliphatic heterocycles. The zero-order valence-electron chi connectivity index (χ0n) is 8.94. The molecular formula is C9H7N3O6. The molecule has 18 heavy (non-hydrogen) atoms. The van der Waals surface area contributed by atoms with Crippen molar-refractivity contribution in [1.29, 1.82) is 0 Å². The first-order valence-electron chi connectivity index (χ1n) is 4.84. The van der Waals surface area contributed by atoms with Gasteiger partial charge in [-0.2, -0.15) is 0 Å². The first-order chi connectivity index (χ1) is 8.59. The zero-order chi connectivity index (χ0) is 13.1. The van der Waals surface area contributed by atoms with Gasteiger partial charge in [0.15, 0.2) is 5.58 Å². The molecule has 2 aromatic rings. The van der Waals surface area contributed by atoms with Crippen LogP contribution in [0.5, 0.6) is 0 Å². The predicted molar refractivity (Wildman–Crippen MR) is 57.5 cm³/mol. The van der Waals surface area contributed by atoms with E-state index in [2.05, 4.69) is 9.82 Å². The molecule has 0 amide bonds. The van der Waals surface area contributed by atoms with Crippen molar-refractivity contribution < 1.29 is 14.3 Å². The molecular weight excluding hydrogens is 246 g/mol. The molecule has 0 saturated heterocycles. The summed E-state index contributed by atoms with van der Waals surface area (Å²) in [6, 6.07) is 1.39. The number of pyridine rings is 1. The van der Waals surface area contributed by atoms with Gasteiger partial charge in [-0.25, -0.2) is 9.36 Å². The summed E-state index contributed by atoms with van der Waals surface area (Å²) in [4.78, 5) is 41.1. The largest absolute Gasteiger partial charge is 0.422 e. The minimum absolute atomic E-state index is 0.0685. The fraction of sp³-hybridized carbons (Fsp3) is 0.222. The second kappa shape index (κ2) is 4.65. The van der Waals surface area contributed by atoms with Crippen molar-refractivity contribution in [3.63, 3.8) is 0 Å². The molecule has 2 rings (SSSR count). The van der Waals surface area contributed by atoms with Crippen LogP contribution in [0.25, 0.3) is 11.0 Å². The number of hydrogen-bond donors (Lipinski definition) is 0. The van der Waals surface area contributed by atoms with Gasteiger partial charge in [-0.15, -0.1) is 10.1 Å². The average molecular weight is 253 g/mol. The van der Waals surface area contributed by atoms with Gasteiger partial charge in [-0.05, 0) is 6.07 Å². The molecule has 0 saturated carbocycles. The fourth-order valence-electron chi connectivity index (χ4n) is 1.41. The van der Waals surface area contributed by atoms with E-state index in [0.717, 1.165) is 4.57 Å². The predicted octanol–water partition coefficient (Wildman–Crippen LogP) is -0.442. The highest BCUT2D eigenvalue weighted by atomic mass is 16.9. The minimum atomic E-state index is -1.00. The Morgan fingerprint density at radius 2 is 2.28 bits per heavy atom. The molecule has 2 heterocycles. The van der Waals surface area contributed by atoms with Crippen LogP contribution < -0.4 is 11.3 Å². The van der Waals surface area contributed by atoms with E-state index in [4.69, 9.17) is 4.42 Å². The van der Waals surface area contributed by atoms with Crippen LogP contribution in [0.1, 0.15) is 0 Å². The molecule has 2 aromatic heterocycles. The standard InChI is InChI=1S/C9H7N3O6/c13-8-6-1-2-10-5-7(6)18-9(14)11(8)3-4-17-12(15)16/h1-2,5H,3-4H2. The number of rotatable bonds is 4. The Balaban J connectivity index is 2.42. The van der Waals surface area contributed by atoms with Gasteiger partial charge in [-0.3, -0.25) is 9.78 Å². The molecule has 0 aliphatic carbocycles. The van der Waals surface area contributed by atoms with Crippen LogP contribution in [0.2, 0.25) is 0 Å². The van der Waals surface area contributed by atoms with E-state index in [1.807, 2.05) is 0 Å². The van der Waals surface area contributed by atoms with Crippen molar-refractivity contribution >= 4 is 11.0 Å². The van der Waals surface area contributed by atoms with E-state index < -0.39 is 23.0 Å². The van der Waals surface area contributed by atoms with Crippen molar-refractivity contribution in [2.75, 3.05) is 6.61 Å². The van der Waals surface area contributed by atoms with E-state index >= 15 is 0 Å². The SMILES string of the molecule is O=c1oc2cnccc2c(=O)n1CCO[N+](=O)[O-]. The summed E-state index contributed by atoms with van der Waals surface area (Å²) in [5.74, 6) is -0.910. The summed E-state index contributed by atoms with van der Waals surface area (Å²) in [7, 11) is 0. The summed E-state index contributed by atoms with van der Waals surface area (Å²) in [5, 5.41) is 9.13. The number of hydrogen-bond acceptors (Lipinski definition) is 7. The summed E-state index contributed by atoms with van der Waals surface area (Å²) in [6.45, 7) is -0.672. The Hall–Kier alpha value is -2.71. The Morgan fingerprint density at radius 1 is 1.50 bits per heavy atom. The molecule has 9 nitrogen and oxygen atoms in total. The van der Waals surface area contributed by atoms with Crippen LogP contribution in [0.15, 0.2) is 32.5 Å². The molecule has 0 N–H and O–H groups in total. The summed E-state index contributed by atoms with van der Waals surface area (Å²) in [6.07, 6.45) is 2.62. The van der Waals surface area contributed by atoms with Crippen LogP contribution in [0, 0.1) is 10.1 Å². The third kappa shape index (κ3) is 2.19. The van der Waals surface area contributed by atoms with Crippen LogP contribution >= 0.6 is 0 Å². The molecule has 0 unspecified atom stereocenters. The second-order valence-electron chi connectivity index (χ2n) is 3.25. The Morgan fingerprint density at radius 3 is 3.00 bits per heavy atom. The van der Waals surface area contributed by atoms with Gasteiger partial charge < -0.3 is 9.25 Å². The van der Waals surface area contributed by atoms with E-state index in [0.29, 0.717) is 0 Å². The van der Waals surface area contributed by atoms with Crippen molar-refractivity contribution in [3.8, 4) is 0 Å². The Labute approximate surface area is 98.3 Å². The fourth-order valence-corrected chi connectivity index (χ4v) is 1.41. The molecule has 0 aliphatic rings. The lowest BCUT2D eigenvalue weighted by Crippen LogP contribution is -2.34. The Bertz CT molecular complexity index is 703. The number of aromatic nitrogens is 2. The van der Waals surface area contributed by atoms with Crippen molar-refractivity contribution in [1.82, 2.24) is 9.55 Å². The van der Waals surface area contributed by atoms with Gasteiger partial charge in [0.05, 0.1) is 18.1 Å². The second-order valence-corrected chi connectivity index (χ2v) is 3.25. The maximum Gasteiger partial charge on any atom is 0.422 e. The highest BCUT2D eigenvalue weighted by Crippen LogP contribution is 2.03. The first-order valence-corrected chi connectivity index (χ1v) is 4.84. The quantitative estimate of drug-likeness (QED) is 0.535. The maximum absolute atomic E-state index is 11.9. The average Bonchev–Trinajstić information content (AvgIpc) is 2.33. The Kier molecular flexibility index (Phi) is 3.04. The van der Waals surface area contributed by atoms with E-state index in [1.165, 1.54) is 18.5 Å². The molecule has 0 atom stereocenters. The smallest absolute Gasteiger partial charge is 0.407 e. The lowest BCUT2D eigenvalue weighted by atomic mass is 10.3. The van der Waals surface area contributed by atoms with Crippen LogP contribution in [0.4, 0.5) is 0 Å². The van der Waals surface area contributed by atoms with Gasteiger partial charge in [0.1, 0.15) is 6.61 Å². The van der Waals surface area contributed by atoms with E-state index in [9.17, 15) is 19.7 Å². The first kappa shape index (κ1) is 11.8.